The van der Waals surface area contributed by atoms with Crippen LogP contribution in [0.4, 0.5) is 11.4 Å². The molecule has 0 aromatic heterocycles. The average molecular weight is 317 g/mol. The van der Waals surface area contributed by atoms with Gasteiger partial charge in [-0.2, -0.15) is 0 Å². The second-order valence-electron chi connectivity index (χ2n) is 4.90. The summed E-state index contributed by atoms with van der Waals surface area (Å²) < 4.78 is 32.0. The molecule has 0 fully saturated rings. The Balaban J connectivity index is 3.08. The highest BCUT2D eigenvalue weighted by molar-refractivity contribution is 7.89. The summed E-state index contributed by atoms with van der Waals surface area (Å²) in [4.78, 5) is 9.90. The van der Waals surface area contributed by atoms with E-state index in [0.29, 0.717) is 0 Å². The van der Waals surface area contributed by atoms with E-state index < -0.39 is 21.0 Å². The lowest BCUT2D eigenvalue weighted by Crippen LogP contribution is -2.41. The van der Waals surface area contributed by atoms with Crippen LogP contribution < -0.4 is 10.5 Å². The van der Waals surface area contributed by atoms with Crippen LogP contribution in [-0.2, 0) is 14.8 Å². The molecule has 1 aromatic rings. The van der Waals surface area contributed by atoms with Gasteiger partial charge in [-0.25, -0.2) is 13.1 Å². The summed E-state index contributed by atoms with van der Waals surface area (Å²) in [7, 11) is -2.34. The average Bonchev–Trinajstić information content (AvgIpc) is 2.37. The lowest BCUT2D eigenvalue weighted by Gasteiger charge is -2.21. The molecule has 0 aliphatic rings. The van der Waals surface area contributed by atoms with Gasteiger partial charge in [0, 0.05) is 19.2 Å². The van der Waals surface area contributed by atoms with Crippen molar-refractivity contribution in [2.45, 2.75) is 24.8 Å². The van der Waals surface area contributed by atoms with Gasteiger partial charge in [0.15, 0.2) is 0 Å². The van der Waals surface area contributed by atoms with E-state index in [9.17, 15) is 18.5 Å². The molecule has 1 atom stereocenters. The zero-order chi connectivity index (χ0) is 16.2. The highest BCUT2D eigenvalue weighted by Gasteiger charge is 2.24. The zero-order valence-corrected chi connectivity index (χ0v) is 12.9. The minimum Gasteiger partial charge on any atom is -0.393 e. The number of hydrogen-bond donors (Lipinski definition) is 2. The first kappa shape index (κ1) is 17.3. The molecule has 8 nitrogen and oxygen atoms in total. The van der Waals surface area contributed by atoms with Gasteiger partial charge in [0.25, 0.3) is 5.69 Å². The van der Waals surface area contributed by atoms with Crippen molar-refractivity contribution >= 4 is 21.4 Å². The number of benzene rings is 1. The lowest BCUT2D eigenvalue weighted by atomic mass is 10.1. The van der Waals surface area contributed by atoms with Crippen LogP contribution in [0.3, 0.4) is 0 Å². The van der Waals surface area contributed by atoms with Crippen molar-refractivity contribution in [3.05, 3.63) is 28.3 Å². The summed E-state index contributed by atoms with van der Waals surface area (Å²) >= 11 is 0. The van der Waals surface area contributed by atoms with Crippen LogP contribution in [0.15, 0.2) is 23.1 Å². The predicted octanol–water partition coefficient (Wildman–Crippen LogP) is 1.13. The Bertz CT molecular complexity index is 615. The molecule has 1 unspecified atom stereocenters. The molecule has 0 saturated carbocycles. The number of sulfonamides is 1. The van der Waals surface area contributed by atoms with Crippen molar-refractivity contribution in [1.29, 1.82) is 0 Å². The van der Waals surface area contributed by atoms with Gasteiger partial charge in [0.05, 0.1) is 16.4 Å². The van der Waals surface area contributed by atoms with E-state index in [1.54, 1.807) is 0 Å². The molecule has 0 radical (unpaired) electrons. The van der Waals surface area contributed by atoms with Crippen LogP contribution in [0, 0.1) is 16.0 Å². The third-order valence-electron chi connectivity index (χ3n) is 2.96. The van der Waals surface area contributed by atoms with Crippen molar-refractivity contribution in [2.75, 3.05) is 19.5 Å². The molecule has 118 valence electrons. The Hall–Kier alpha value is -1.71. The molecule has 1 aromatic carbocycles. The molecule has 0 bridgehead atoms. The van der Waals surface area contributed by atoms with Crippen molar-refractivity contribution in [3.63, 3.8) is 0 Å². The molecule has 21 heavy (non-hydrogen) atoms. The Morgan fingerprint density at radius 3 is 2.48 bits per heavy atom. The van der Waals surface area contributed by atoms with Crippen LogP contribution in [0.2, 0.25) is 0 Å². The Morgan fingerprint density at radius 2 is 2.05 bits per heavy atom. The maximum atomic E-state index is 12.3. The van der Waals surface area contributed by atoms with E-state index in [0.717, 1.165) is 18.2 Å². The van der Waals surface area contributed by atoms with Crippen molar-refractivity contribution in [3.8, 4) is 0 Å². The summed E-state index contributed by atoms with van der Waals surface area (Å²) in [5.41, 5.74) is 4.98. The van der Waals surface area contributed by atoms with Crippen molar-refractivity contribution in [2.24, 2.45) is 5.92 Å². The second-order valence-corrected chi connectivity index (χ2v) is 6.62. The lowest BCUT2D eigenvalue weighted by molar-refractivity contribution is -0.383. The van der Waals surface area contributed by atoms with E-state index in [-0.39, 0.29) is 28.8 Å². The van der Waals surface area contributed by atoms with Gasteiger partial charge in [0.1, 0.15) is 5.69 Å². The maximum absolute atomic E-state index is 12.3. The Labute approximate surface area is 123 Å². The van der Waals surface area contributed by atoms with Gasteiger partial charge < -0.3 is 10.5 Å². The van der Waals surface area contributed by atoms with Gasteiger partial charge in [-0.1, -0.05) is 13.8 Å². The van der Waals surface area contributed by atoms with Crippen molar-refractivity contribution < 1.29 is 18.1 Å². The number of nitro groups is 1. The molecule has 0 aliphatic carbocycles. The predicted molar refractivity (Wildman–Crippen MR) is 78.3 cm³/mol. The number of ether oxygens (including phenoxy) is 1. The van der Waals surface area contributed by atoms with E-state index in [2.05, 4.69) is 4.72 Å². The summed E-state index contributed by atoms with van der Waals surface area (Å²) in [6, 6.07) is 2.90. The minimum atomic E-state index is -3.82. The van der Waals surface area contributed by atoms with E-state index in [4.69, 9.17) is 10.5 Å². The van der Waals surface area contributed by atoms with Gasteiger partial charge in [-0.3, -0.25) is 10.1 Å². The standard InChI is InChI=1S/C12H19N3O5S/c1-8(2)11(7-20-3)14-21(18,19)9-4-5-12(15(16)17)10(13)6-9/h4-6,8,11,14H,7,13H2,1-3H3. The molecular formula is C12H19N3O5S. The number of nitro benzene ring substituents is 1. The molecule has 1 rings (SSSR count). The van der Waals surface area contributed by atoms with Crippen molar-refractivity contribution in [1.82, 2.24) is 4.72 Å². The van der Waals surface area contributed by atoms with E-state index >= 15 is 0 Å². The van der Waals surface area contributed by atoms with Crippen LogP contribution in [0.5, 0.6) is 0 Å². The van der Waals surface area contributed by atoms with Gasteiger partial charge in [0.2, 0.25) is 10.0 Å². The number of hydrogen-bond acceptors (Lipinski definition) is 6. The van der Waals surface area contributed by atoms with Crippen LogP contribution in [-0.4, -0.2) is 33.1 Å². The summed E-state index contributed by atoms with van der Waals surface area (Å²) in [6.07, 6.45) is 0. The number of nitrogens with two attached hydrogens (primary N) is 1. The third kappa shape index (κ3) is 4.38. The fourth-order valence-electron chi connectivity index (χ4n) is 1.68. The summed E-state index contributed by atoms with van der Waals surface area (Å²) in [5.74, 6) is 0.0233. The number of nitrogens with one attached hydrogen (secondary N) is 1. The number of methoxy groups -OCH3 is 1. The molecule has 9 heteroatoms. The van der Waals surface area contributed by atoms with Gasteiger partial charge >= 0.3 is 0 Å². The summed E-state index contributed by atoms with van der Waals surface area (Å²) in [5, 5.41) is 10.7. The molecule has 3 N–H and O–H groups in total. The molecule has 0 amide bonds. The number of nitrogen functional groups attached to an aromatic ring is 1. The monoisotopic (exact) mass is 317 g/mol. The number of anilines is 1. The van der Waals surface area contributed by atoms with Gasteiger partial charge in [-0.05, 0) is 18.1 Å². The fraction of sp³-hybridized carbons (Fsp3) is 0.500. The molecule has 0 saturated heterocycles. The highest BCUT2D eigenvalue weighted by Crippen LogP contribution is 2.24. The second kappa shape index (κ2) is 6.83. The number of nitrogens with zero attached hydrogens (tertiary/aromatic N) is 1. The SMILES string of the molecule is COCC(NS(=O)(=O)c1ccc([N+](=O)[O-])c(N)c1)C(C)C. The molecular weight excluding hydrogens is 298 g/mol. The smallest absolute Gasteiger partial charge is 0.292 e. The minimum absolute atomic E-state index is 0.0233. The largest absolute Gasteiger partial charge is 0.393 e. The maximum Gasteiger partial charge on any atom is 0.292 e. The zero-order valence-electron chi connectivity index (χ0n) is 12.1. The molecule has 0 heterocycles. The summed E-state index contributed by atoms with van der Waals surface area (Å²) in [6.45, 7) is 3.94. The first-order valence-electron chi connectivity index (χ1n) is 6.24. The quantitative estimate of drug-likeness (QED) is 0.441. The number of rotatable bonds is 7. The molecule has 0 spiro atoms. The Kier molecular flexibility index (Phi) is 5.64. The fourth-order valence-corrected chi connectivity index (χ4v) is 3.08. The van der Waals surface area contributed by atoms with Gasteiger partial charge in [-0.15, -0.1) is 0 Å². The Morgan fingerprint density at radius 1 is 1.43 bits per heavy atom. The van der Waals surface area contributed by atoms with Crippen LogP contribution >= 0.6 is 0 Å². The molecule has 0 aliphatic heterocycles. The topological polar surface area (TPSA) is 125 Å². The van der Waals surface area contributed by atoms with Crippen LogP contribution in [0.1, 0.15) is 13.8 Å². The normalized spacial score (nSPS) is 13.3. The van der Waals surface area contributed by atoms with E-state index in [1.807, 2.05) is 13.8 Å². The highest BCUT2D eigenvalue weighted by atomic mass is 32.2. The first-order valence-corrected chi connectivity index (χ1v) is 7.72. The van der Waals surface area contributed by atoms with E-state index in [1.165, 1.54) is 7.11 Å². The third-order valence-corrected chi connectivity index (χ3v) is 4.45. The van der Waals surface area contributed by atoms with Crippen LogP contribution in [0.25, 0.3) is 0 Å². The first-order chi connectivity index (χ1) is 9.69.